The highest BCUT2D eigenvalue weighted by molar-refractivity contribution is 6.74. The molecule has 1 aromatic carbocycles. The summed E-state index contributed by atoms with van der Waals surface area (Å²) in [5.41, 5.74) is 4.76. The molecule has 0 spiro atoms. The van der Waals surface area contributed by atoms with Crippen LogP contribution in [0.4, 0.5) is 10.1 Å². The van der Waals surface area contributed by atoms with Crippen molar-refractivity contribution in [3.63, 3.8) is 0 Å². The summed E-state index contributed by atoms with van der Waals surface area (Å²) < 4.78 is 24.0. The van der Waals surface area contributed by atoms with Gasteiger partial charge in [-0.25, -0.2) is 9.07 Å². The van der Waals surface area contributed by atoms with Crippen LogP contribution < -0.4 is 5.32 Å². The molecule has 0 bridgehead atoms. The van der Waals surface area contributed by atoms with Crippen LogP contribution in [0.1, 0.15) is 51.3 Å². The van der Waals surface area contributed by atoms with Crippen LogP contribution in [0.3, 0.4) is 0 Å². The Bertz CT molecular complexity index is 1370. The minimum atomic E-state index is -2.02. The number of hydrogen-bond acceptors (Lipinski definition) is 4. The van der Waals surface area contributed by atoms with Gasteiger partial charge in [-0.05, 0) is 79.7 Å². The number of aryl methyl sites for hydroxylation is 1. The molecule has 1 fully saturated rings. The third kappa shape index (κ3) is 5.01. The summed E-state index contributed by atoms with van der Waals surface area (Å²) in [6.07, 6.45) is 10.7. The second kappa shape index (κ2) is 9.61. The molecule has 5 rings (SSSR count). The molecule has 7 nitrogen and oxygen atoms in total. The topological polar surface area (TPSA) is 74.0 Å². The molecular formula is C29H38FN5O2Si. The number of rotatable bonds is 6. The fourth-order valence-electron chi connectivity index (χ4n) is 5.40. The number of hydrogen-bond donors (Lipinski definition) is 1. The highest BCUT2D eigenvalue weighted by Crippen LogP contribution is 2.51. The molecule has 2 aliphatic rings. The van der Waals surface area contributed by atoms with Crippen LogP contribution >= 0.6 is 0 Å². The van der Waals surface area contributed by atoms with Gasteiger partial charge in [0.1, 0.15) is 5.82 Å². The van der Waals surface area contributed by atoms with Crippen molar-refractivity contribution in [1.82, 2.24) is 19.6 Å². The number of amides is 1. The van der Waals surface area contributed by atoms with Gasteiger partial charge in [0.25, 0.3) is 0 Å². The van der Waals surface area contributed by atoms with Crippen LogP contribution in [0.25, 0.3) is 11.8 Å². The Morgan fingerprint density at radius 1 is 1.21 bits per heavy atom. The fraction of sp³-hybridized carbons (Fsp3) is 0.483. The molecule has 202 valence electrons. The van der Waals surface area contributed by atoms with Gasteiger partial charge in [0, 0.05) is 31.2 Å². The first-order valence-electron chi connectivity index (χ1n) is 13.3. The molecule has 1 saturated carbocycles. The van der Waals surface area contributed by atoms with Crippen LogP contribution in [-0.4, -0.2) is 40.4 Å². The first kappa shape index (κ1) is 26.6. The molecule has 0 unspecified atom stereocenters. The highest BCUT2D eigenvalue weighted by Gasteiger charge is 2.47. The van der Waals surface area contributed by atoms with Gasteiger partial charge in [0.2, 0.25) is 5.91 Å². The van der Waals surface area contributed by atoms with E-state index in [2.05, 4.69) is 55.5 Å². The molecule has 38 heavy (non-hydrogen) atoms. The lowest BCUT2D eigenvalue weighted by Crippen LogP contribution is -2.48. The average molecular weight is 536 g/mol. The maximum absolute atomic E-state index is 13.6. The third-order valence-corrected chi connectivity index (χ3v) is 13.2. The Hall–Kier alpha value is -3.04. The number of fused-ring (bicyclic) bond motifs is 2. The number of carbonyl (C=O) groups is 1. The summed E-state index contributed by atoms with van der Waals surface area (Å²) in [6, 6.07) is 6.43. The van der Waals surface area contributed by atoms with Crippen molar-refractivity contribution in [3.05, 3.63) is 65.5 Å². The zero-order valence-corrected chi connectivity index (χ0v) is 24.2. The maximum atomic E-state index is 13.6. The lowest BCUT2D eigenvalue weighted by Gasteiger charge is -2.47. The zero-order chi connectivity index (χ0) is 27.3. The van der Waals surface area contributed by atoms with Gasteiger partial charge in [0.05, 0.1) is 29.5 Å². The van der Waals surface area contributed by atoms with Crippen LogP contribution in [0.5, 0.6) is 0 Å². The second-order valence-corrected chi connectivity index (χ2v) is 17.3. The minimum absolute atomic E-state index is 0.0385. The van der Waals surface area contributed by atoms with Gasteiger partial charge in [0.15, 0.2) is 8.32 Å². The number of carbonyl (C=O) groups excluding carboxylic acids is 1. The summed E-state index contributed by atoms with van der Waals surface area (Å²) in [7, 11) is -0.178. The van der Waals surface area contributed by atoms with Crippen LogP contribution in [-0.2, 0) is 22.7 Å². The van der Waals surface area contributed by atoms with E-state index in [0.29, 0.717) is 6.61 Å². The molecule has 2 atom stereocenters. The zero-order valence-electron chi connectivity index (χ0n) is 23.2. The van der Waals surface area contributed by atoms with Gasteiger partial charge in [-0.1, -0.05) is 26.3 Å². The molecular weight excluding hydrogens is 497 g/mol. The summed E-state index contributed by atoms with van der Waals surface area (Å²) in [6.45, 7) is 11.9. The predicted molar refractivity (Wildman–Crippen MR) is 150 cm³/mol. The number of halogens is 1. The van der Waals surface area contributed by atoms with Crippen molar-refractivity contribution in [2.75, 3.05) is 11.9 Å². The number of nitrogens with zero attached hydrogens (tertiary/aromatic N) is 4. The molecule has 1 amide bonds. The molecule has 0 saturated heterocycles. The van der Waals surface area contributed by atoms with E-state index in [4.69, 9.17) is 4.43 Å². The predicted octanol–water partition coefficient (Wildman–Crippen LogP) is 6.13. The first-order valence-corrected chi connectivity index (χ1v) is 16.3. The second-order valence-electron chi connectivity index (χ2n) is 12.5. The van der Waals surface area contributed by atoms with Gasteiger partial charge in [-0.15, -0.1) is 0 Å². The van der Waals surface area contributed by atoms with E-state index in [1.807, 2.05) is 24.1 Å². The lowest BCUT2D eigenvalue weighted by atomic mass is 9.61. The van der Waals surface area contributed by atoms with Crippen LogP contribution in [0.15, 0.2) is 48.4 Å². The summed E-state index contributed by atoms with van der Waals surface area (Å²) in [5, 5.41) is 12.0. The Labute approximate surface area is 225 Å². The van der Waals surface area contributed by atoms with E-state index < -0.39 is 8.32 Å². The summed E-state index contributed by atoms with van der Waals surface area (Å²) in [4.78, 5) is 13.4. The summed E-state index contributed by atoms with van der Waals surface area (Å²) in [5.74, 6) is -0.349. The Morgan fingerprint density at radius 3 is 2.61 bits per heavy atom. The third-order valence-electron chi connectivity index (χ3n) is 8.74. The van der Waals surface area contributed by atoms with Crippen molar-refractivity contribution in [2.45, 2.75) is 64.6 Å². The molecule has 3 aromatic rings. The molecule has 0 aliphatic heterocycles. The average Bonchev–Trinajstić information content (AvgIpc) is 3.46. The largest absolute Gasteiger partial charge is 0.416 e. The molecule has 2 aromatic heterocycles. The highest BCUT2D eigenvalue weighted by atomic mass is 28.4. The molecule has 2 aliphatic carbocycles. The van der Waals surface area contributed by atoms with Gasteiger partial charge in [-0.3, -0.25) is 9.48 Å². The number of nitrogens with one attached hydrogen (secondary N) is 1. The van der Waals surface area contributed by atoms with E-state index in [9.17, 15) is 9.18 Å². The maximum Gasteiger partial charge on any atom is 0.227 e. The quantitative estimate of drug-likeness (QED) is 0.385. The van der Waals surface area contributed by atoms with Crippen molar-refractivity contribution in [2.24, 2.45) is 18.4 Å². The van der Waals surface area contributed by atoms with Crippen molar-refractivity contribution < 1.29 is 13.6 Å². The molecule has 9 heteroatoms. The summed E-state index contributed by atoms with van der Waals surface area (Å²) >= 11 is 0. The van der Waals surface area contributed by atoms with Gasteiger partial charge in [-0.2, -0.15) is 10.2 Å². The van der Waals surface area contributed by atoms with E-state index in [0.717, 1.165) is 48.3 Å². The number of aromatic nitrogens is 4. The SMILES string of the molecule is Cn1cc(NC(=O)[C@@H]2CCC3=Cc4c(cnn4-c4ccc(F)cc4)C[C@]3(CO[Si](C)(C)C(C)(C)C)C2)cn1. The van der Waals surface area contributed by atoms with Crippen molar-refractivity contribution in [1.29, 1.82) is 0 Å². The number of benzene rings is 1. The Kier molecular flexibility index (Phi) is 6.72. The van der Waals surface area contributed by atoms with E-state index in [1.165, 1.54) is 17.7 Å². The Balaban J connectivity index is 1.46. The molecule has 1 N–H and O–H groups in total. The van der Waals surface area contributed by atoms with Crippen molar-refractivity contribution >= 4 is 26.0 Å². The smallest absolute Gasteiger partial charge is 0.227 e. The van der Waals surface area contributed by atoms with Gasteiger partial charge < -0.3 is 9.74 Å². The van der Waals surface area contributed by atoms with Crippen LogP contribution in [0, 0.1) is 17.2 Å². The lowest BCUT2D eigenvalue weighted by molar-refractivity contribution is -0.121. The van der Waals surface area contributed by atoms with Crippen molar-refractivity contribution in [3.8, 4) is 5.69 Å². The Morgan fingerprint density at radius 2 is 1.95 bits per heavy atom. The van der Waals surface area contributed by atoms with Crippen LogP contribution in [0.2, 0.25) is 18.1 Å². The standard InChI is InChI=1S/C29H38FN5O2Si/c1-28(2,3)38(5,6)37-19-29-14-20(27(36)33-24-17-31-34(4)18-24)7-8-22(29)13-26-21(15-29)16-32-35(26)25-11-9-23(30)10-12-25/h9-13,16-18,20H,7-8,14-15,19H2,1-6H3,(H,33,36)/t20-,29+/m1/s1. The molecule has 0 radical (unpaired) electrons. The minimum Gasteiger partial charge on any atom is -0.416 e. The van der Waals surface area contributed by atoms with Gasteiger partial charge >= 0.3 is 0 Å². The molecule has 2 heterocycles. The fourth-order valence-corrected chi connectivity index (χ4v) is 6.47. The first-order chi connectivity index (χ1) is 17.9. The van der Waals surface area contributed by atoms with E-state index >= 15 is 0 Å². The monoisotopic (exact) mass is 535 g/mol. The number of anilines is 1. The van der Waals surface area contributed by atoms with E-state index in [-0.39, 0.29) is 28.1 Å². The normalized spacial score (nSPS) is 21.4. The van der Waals surface area contributed by atoms with E-state index in [1.54, 1.807) is 23.0 Å².